The van der Waals surface area contributed by atoms with Gasteiger partial charge in [-0.05, 0) is 12.1 Å². The molecule has 0 aliphatic heterocycles. The molecule has 0 aliphatic rings. The highest BCUT2D eigenvalue weighted by atomic mass is 19.1. The number of nitrogens with one attached hydrogen (secondary N) is 1. The molecule has 6 heteroatoms. The first-order chi connectivity index (χ1) is 8.63. The van der Waals surface area contributed by atoms with E-state index < -0.39 is 18.0 Å². The van der Waals surface area contributed by atoms with Gasteiger partial charge >= 0.3 is 0 Å². The van der Waals surface area contributed by atoms with Gasteiger partial charge in [-0.2, -0.15) is 0 Å². The number of benzene rings is 1. The maximum atomic E-state index is 13.2. The second-order valence-corrected chi connectivity index (χ2v) is 3.89. The van der Waals surface area contributed by atoms with Crippen LogP contribution in [0.1, 0.15) is 0 Å². The normalized spacial score (nSPS) is 14.2. The lowest BCUT2D eigenvalue weighted by Gasteiger charge is -2.14. The Kier molecular flexibility index (Phi) is 6.59. The van der Waals surface area contributed by atoms with E-state index in [1.54, 1.807) is 12.1 Å². The molecule has 18 heavy (non-hydrogen) atoms. The molecule has 1 aromatic carbocycles. The molecule has 0 bridgehead atoms. The topological polar surface area (TPSA) is 82.0 Å². The molecule has 0 radical (unpaired) electrons. The molecule has 2 unspecified atom stereocenters. The van der Waals surface area contributed by atoms with Crippen LogP contribution in [0.2, 0.25) is 0 Å². The first kappa shape index (κ1) is 14.8. The third kappa shape index (κ3) is 5.42. The second kappa shape index (κ2) is 7.99. The first-order valence-electron chi connectivity index (χ1n) is 5.68. The third-order valence-electron chi connectivity index (χ3n) is 2.24. The summed E-state index contributed by atoms with van der Waals surface area (Å²) in [6.07, 6.45) is -1.68. The van der Waals surface area contributed by atoms with Crippen molar-refractivity contribution in [3.63, 3.8) is 0 Å². The van der Waals surface area contributed by atoms with E-state index in [2.05, 4.69) is 5.32 Å². The average molecular weight is 259 g/mol. The van der Waals surface area contributed by atoms with Crippen molar-refractivity contribution in [3.8, 4) is 5.75 Å². The molecule has 0 saturated heterocycles. The molecule has 0 fully saturated rings. The van der Waals surface area contributed by atoms with E-state index in [0.29, 0.717) is 0 Å². The molecular weight excluding hydrogens is 241 g/mol. The SMILES string of the molecule is OCC(O)CNCC(O)COc1ccccc1F. The van der Waals surface area contributed by atoms with Crippen LogP contribution in [0.15, 0.2) is 24.3 Å². The van der Waals surface area contributed by atoms with E-state index in [9.17, 15) is 9.50 Å². The van der Waals surface area contributed by atoms with Crippen molar-refractivity contribution < 1.29 is 24.4 Å². The van der Waals surface area contributed by atoms with E-state index in [-0.39, 0.29) is 32.1 Å². The van der Waals surface area contributed by atoms with Crippen LogP contribution in [0, 0.1) is 5.82 Å². The molecule has 0 saturated carbocycles. The minimum atomic E-state index is -0.857. The van der Waals surface area contributed by atoms with Crippen molar-refractivity contribution in [2.45, 2.75) is 12.2 Å². The maximum Gasteiger partial charge on any atom is 0.165 e. The maximum absolute atomic E-state index is 13.2. The van der Waals surface area contributed by atoms with Gasteiger partial charge in [0.15, 0.2) is 11.6 Å². The minimum Gasteiger partial charge on any atom is -0.488 e. The zero-order valence-corrected chi connectivity index (χ0v) is 9.92. The summed E-state index contributed by atoms with van der Waals surface area (Å²) in [5.41, 5.74) is 0. The summed E-state index contributed by atoms with van der Waals surface area (Å²) in [5.74, 6) is -0.389. The van der Waals surface area contributed by atoms with Crippen molar-refractivity contribution in [3.05, 3.63) is 30.1 Å². The van der Waals surface area contributed by atoms with E-state index in [0.717, 1.165) is 0 Å². The summed E-state index contributed by atoms with van der Waals surface area (Å²) in [7, 11) is 0. The zero-order chi connectivity index (χ0) is 13.4. The molecule has 1 aromatic rings. The van der Waals surface area contributed by atoms with Crippen molar-refractivity contribution in [1.29, 1.82) is 0 Å². The Morgan fingerprint density at radius 2 is 1.83 bits per heavy atom. The molecule has 4 N–H and O–H groups in total. The van der Waals surface area contributed by atoms with E-state index in [4.69, 9.17) is 14.9 Å². The second-order valence-electron chi connectivity index (χ2n) is 3.89. The van der Waals surface area contributed by atoms with Crippen LogP contribution in [-0.4, -0.2) is 53.8 Å². The van der Waals surface area contributed by atoms with Gasteiger partial charge in [0.2, 0.25) is 0 Å². The Hall–Kier alpha value is -1.21. The predicted octanol–water partition coefficient (Wildman–Crippen LogP) is -0.492. The number of ether oxygens (including phenoxy) is 1. The fourth-order valence-corrected chi connectivity index (χ4v) is 1.29. The van der Waals surface area contributed by atoms with Crippen LogP contribution in [0.4, 0.5) is 4.39 Å². The zero-order valence-electron chi connectivity index (χ0n) is 9.92. The molecule has 102 valence electrons. The van der Waals surface area contributed by atoms with Crippen molar-refractivity contribution >= 4 is 0 Å². The lowest BCUT2D eigenvalue weighted by atomic mass is 10.3. The van der Waals surface area contributed by atoms with Gasteiger partial charge in [0, 0.05) is 13.1 Å². The Labute approximate surface area is 105 Å². The number of hydrogen-bond donors (Lipinski definition) is 4. The van der Waals surface area contributed by atoms with Gasteiger partial charge < -0.3 is 25.4 Å². The molecule has 0 aromatic heterocycles. The molecule has 0 heterocycles. The van der Waals surface area contributed by atoms with Gasteiger partial charge in [-0.3, -0.25) is 0 Å². The Balaban J connectivity index is 2.21. The van der Waals surface area contributed by atoms with Gasteiger partial charge in [0.1, 0.15) is 12.7 Å². The summed E-state index contributed by atoms with van der Waals surface area (Å²) in [4.78, 5) is 0. The number of para-hydroxylation sites is 1. The highest BCUT2D eigenvalue weighted by Gasteiger charge is 2.08. The largest absolute Gasteiger partial charge is 0.488 e. The fraction of sp³-hybridized carbons (Fsp3) is 0.500. The van der Waals surface area contributed by atoms with Gasteiger partial charge in [0.05, 0.1) is 12.7 Å². The quantitative estimate of drug-likeness (QED) is 0.506. The fourth-order valence-electron chi connectivity index (χ4n) is 1.29. The lowest BCUT2D eigenvalue weighted by molar-refractivity contribution is 0.0788. The first-order valence-corrected chi connectivity index (χ1v) is 5.68. The van der Waals surface area contributed by atoms with Crippen molar-refractivity contribution in [2.75, 3.05) is 26.3 Å². The number of halogens is 1. The Bertz CT molecular complexity index is 351. The molecule has 0 aliphatic carbocycles. The number of aliphatic hydroxyl groups is 3. The van der Waals surface area contributed by atoms with Crippen molar-refractivity contribution in [2.24, 2.45) is 0 Å². The molecule has 1 rings (SSSR count). The predicted molar refractivity (Wildman–Crippen MR) is 63.9 cm³/mol. The van der Waals surface area contributed by atoms with Gasteiger partial charge in [-0.1, -0.05) is 12.1 Å². The van der Waals surface area contributed by atoms with Gasteiger partial charge in [0.25, 0.3) is 0 Å². The summed E-state index contributed by atoms with van der Waals surface area (Å²) in [6, 6.07) is 5.94. The highest BCUT2D eigenvalue weighted by molar-refractivity contribution is 5.23. The van der Waals surface area contributed by atoms with E-state index >= 15 is 0 Å². The standard InChI is InChI=1S/C12H18FNO4/c13-11-3-1-2-4-12(11)18-8-10(17)6-14-5-9(16)7-15/h1-4,9-10,14-17H,5-8H2. The molecule has 2 atom stereocenters. The Morgan fingerprint density at radius 1 is 1.17 bits per heavy atom. The van der Waals surface area contributed by atoms with Crippen LogP contribution >= 0.6 is 0 Å². The van der Waals surface area contributed by atoms with Crippen LogP contribution < -0.4 is 10.1 Å². The van der Waals surface area contributed by atoms with Crippen molar-refractivity contribution in [1.82, 2.24) is 5.32 Å². The third-order valence-corrected chi connectivity index (χ3v) is 2.24. The van der Waals surface area contributed by atoms with Gasteiger partial charge in [-0.15, -0.1) is 0 Å². The average Bonchev–Trinajstić information content (AvgIpc) is 2.37. The summed E-state index contributed by atoms with van der Waals surface area (Å²) >= 11 is 0. The lowest BCUT2D eigenvalue weighted by Crippen LogP contribution is -2.37. The smallest absolute Gasteiger partial charge is 0.165 e. The van der Waals surface area contributed by atoms with E-state index in [1.165, 1.54) is 12.1 Å². The Morgan fingerprint density at radius 3 is 2.50 bits per heavy atom. The van der Waals surface area contributed by atoms with Crippen LogP contribution in [0.5, 0.6) is 5.75 Å². The summed E-state index contributed by atoms with van der Waals surface area (Å²) in [5, 5.41) is 29.9. The monoisotopic (exact) mass is 259 g/mol. The number of aliphatic hydroxyl groups excluding tert-OH is 3. The molecular formula is C12H18FNO4. The van der Waals surface area contributed by atoms with Crippen LogP contribution in [0.3, 0.4) is 0 Å². The minimum absolute atomic E-state index is 0.0524. The summed E-state index contributed by atoms with van der Waals surface area (Å²) < 4.78 is 18.3. The number of hydrogen-bond acceptors (Lipinski definition) is 5. The molecule has 0 amide bonds. The summed E-state index contributed by atoms with van der Waals surface area (Å²) in [6.45, 7) is -0.0310. The highest BCUT2D eigenvalue weighted by Crippen LogP contribution is 2.15. The molecule has 5 nitrogen and oxygen atoms in total. The van der Waals surface area contributed by atoms with Gasteiger partial charge in [-0.25, -0.2) is 4.39 Å². The number of rotatable bonds is 8. The van der Waals surface area contributed by atoms with E-state index in [1.807, 2.05) is 0 Å². The van der Waals surface area contributed by atoms with Crippen LogP contribution in [-0.2, 0) is 0 Å². The van der Waals surface area contributed by atoms with Crippen LogP contribution in [0.25, 0.3) is 0 Å². The molecule has 0 spiro atoms.